The van der Waals surface area contributed by atoms with E-state index in [-0.39, 0.29) is 5.69 Å². The van der Waals surface area contributed by atoms with E-state index in [1.165, 1.54) is 0 Å². The molecule has 0 aromatic heterocycles. The first-order chi connectivity index (χ1) is 9.40. The number of nitrogens with zero attached hydrogens (tertiary/aromatic N) is 2. The molecule has 0 saturated heterocycles. The minimum absolute atomic E-state index is 0.200. The number of terminal acetylenes is 1. The Kier molecular flexibility index (Phi) is 3.22. The van der Waals surface area contributed by atoms with Gasteiger partial charge in [0, 0.05) is 6.07 Å². The van der Waals surface area contributed by atoms with E-state index >= 15 is 0 Å². The van der Waals surface area contributed by atoms with Gasteiger partial charge in [0.1, 0.15) is 5.69 Å². The third-order valence-electron chi connectivity index (χ3n) is 2.47. The van der Waals surface area contributed by atoms with Crippen LogP contribution in [0.15, 0.2) is 17.1 Å². The Morgan fingerprint density at radius 2 is 2.15 bits per heavy atom. The van der Waals surface area contributed by atoms with Crippen LogP contribution in [0.1, 0.15) is 0 Å². The number of isocyanates is 1. The van der Waals surface area contributed by atoms with Gasteiger partial charge >= 0.3 is 12.0 Å². The predicted octanol–water partition coefficient (Wildman–Crippen LogP) is 1.74. The Bertz CT molecular complexity index is 675. The van der Waals surface area contributed by atoms with Gasteiger partial charge in [-0.2, -0.15) is 13.8 Å². The van der Waals surface area contributed by atoms with Crippen molar-refractivity contribution in [2.75, 3.05) is 11.4 Å². The van der Waals surface area contributed by atoms with Crippen molar-refractivity contribution in [1.82, 2.24) is 0 Å². The molecule has 5 nitrogen and oxygen atoms in total. The molecule has 20 heavy (non-hydrogen) atoms. The maximum atomic E-state index is 13.5. The summed E-state index contributed by atoms with van der Waals surface area (Å²) in [7, 11) is 0. The molecular weight excluding hydrogens is 277 g/mol. The number of anilines is 1. The van der Waals surface area contributed by atoms with E-state index < -0.39 is 35.8 Å². The third-order valence-corrected chi connectivity index (χ3v) is 2.47. The van der Waals surface area contributed by atoms with Gasteiger partial charge in [-0.15, -0.1) is 6.42 Å². The van der Waals surface area contributed by atoms with Crippen LogP contribution in [0.3, 0.4) is 0 Å². The van der Waals surface area contributed by atoms with Gasteiger partial charge in [-0.05, 0) is 6.07 Å². The van der Waals surface area contributed by atoms with Crippen molar-refractivity contribution in [2.24, 2.45) is 4.99 Å². The second-order valence-electron chi connectivity index (χ2n) is 3.69. The highest BCUT2D eigenvalue weighted by molar-refractivity contribution is 6.01. The van der Waals surface area contributed by atoms with Crippen molar-refractivity contribution < 1.29 is 27.5 Å². The van der Waals surface area contributed by atoms with Crippen LogP contribution in [0.25, 0.3) is 0 Å². The van der Waals surface area contributed by atoms with Gasteiger partial charge in [0.2, 0.25) is 6.08 Å². The minimum Gasteiger partial charge on any atom is -0.423 e. The minimum atomic E-state index is -4.15. The number of alkyl halides is 2. The van der Waals surface area contributed by atoms with Crippen LogP contribution in [0.5, 0.6) is 5.75 Å². The molecule has 0 spiro atoms. The van der Waals surface area contributed by atoms with E-state index in [1.807, 2.05) is 5.92 Å². The Hall–Kier alpha value is -2.78. The zero-order valence-corrected chi connectivity index (χ0v) is 9.69. The number of hydrogen-bond acceptors (Lipinski definition) is 4. The summed E-state index contributed by atoms with van der Waals surface area (Å²) in [5.74, 6) is -1.31. The van der Waals surface area contributed by atoms with Gasteiger partial charge < -0.3 is 4.74 Å². The summed E-state index contributed by atoms with van der Waals surface area (Å²) < 4.78 is 44.3. The summed E-state index contributed by atoms with van der Waals surface area (Å²) in [6, 6.07) is 1.50. The van der Waals surface area contributed by atoms with E-state index in [1.54, 1.807) is 0 Å². The van der Waals surface area contributed by atoms with Crippen LogP contribution >= 0.6 is 0 Å². The molecule has 1 amide bonds. The van der Waals surface area contributed by atoms with Crippen LogP contribution < -0.4 is 9.64 Å². The molecule has 0 radical (unpaired) electrons. The first-order valence-corrected chi connectivity index (χ1v) is 5.14. The van der Waals surface area contributed by atoms with Gasteiger partial charge in [-0.3, -0.25) is 9.69 Å². The third kappa shape index (κ3) is 2.11. The van der Waals surface area contributed by atoms with E-state index in [0.29, 0.717) is 11.0 Å². The van der Waals surface area contributed by atoms with Crippen LogP contribution in [0, 0.1) is 18.2 Å². The summed E-state index contributed by atoms with van der Waals surface area (Å²) in [4.78, 5) is 25.3. The fourth-order valence-corrected chi connectivity index (χ4v) is 1.66. The Balaban J connectivity index is 2.64. The first-order valence-electron chi connectivity index (χ1n) is 5.14. The second-order valence-corrected chi connectivity index (χ2v) is 3.69. The van der Waals surface area contributed by atoms with Gasteiger partial charge in [0.25, 0.3) is 0 Å². The highest BCUT2D eigenvalue weighted by Gasteiger charge is 2.50. The van der Waals surface area contributed by atoms with Crippen molar-refractivity contribution in [3.8, 4) is 18.1 Å². The van der Waals surface area contributed by atoms with Gasteiger partial charge in [-0.1, -0.05) is 5.92 Å². The summed E-state index contributed by atoms with van der Waals surface area (Å²) in [6.45, 7) is -0.472. The lowest BCUT2D eigenvalue weighted by molar-refractivity contribution is -0.192. The van der Waals surface area contributed by atoms with Crippen molar-refractivity contribution in [3.05, 3.63) is 17.9 Å². The van der Waals surface area contributed by atoms with Crippen molar-refractivity contribution in [1.29, 1.82) is 0 Å². The highest BCUT2D eigenvalue weighted by Crippen LogP contribution is 2.42. The maximum Gasteiger partial charge on any atom is 0.483 e. The normalized spacial score (nSPS) is 15.7. The SMILES string of the molecule is C#CCN1C(=O)C(F)(F)Oc2cc(F)c(N=C=O)cc21. The maximum absolute atomic E-state index is 13.5. The van der Waals surface area contributed by atoms with Gasteiger partial charge in [0.15, 0.2) is 11.6 Å². The molecule has 1 aliphatic heterocycles. The zero-order valence-electron chi connectivity index (χ0n) is 9.69. The monoisotopic (exact) mass is 282 g/mol. The molecule has 0 fully saturated rings. The van der Waals surface area contributed by atoms with Crippen LogP contribution in [0.4, 0.5) is 24.5 Å². The second kappa shape index (κ2) is 4.72. The molecule has 1 heterocycles. The average molecular weight is 282 g/mol. The van der Waals surface area contributed by atoms with E-state index in [9.17, 15) is 22.8 Å². The summed E-state index contributed by atoms with van der Waals surface area (Å²) in [5.41, 5.74) is -0.670. The fraction of sp³-hybridized carbons (Fsp3) is 0.167. The molecular formula is C12H5F3N2O3. The molecule has 1 aliphatic rings. The lowest BCUT2D eigenvalue weighted by Crippen LogP contribution is -2.50. The van der Waals surface area contributed by atoms with Crippen molar-refractivity contribution in [3.63, 3.8) is 0 Å². The Morgan fingerprint density at radius 3 is 2.75 bits per heavy atom. The van der Waals surface area contributed by atoms with E-state index in [4.69, 9.17) is 6.42 Å². The molecule has 0 atom stereocenters. The largest absolute Gasteiger partial charge is 0.483 e. The molecule has 8 heteroatoms. The summed E-state index contributed by atoms with van der Waals surface area (Å²) >= 11 is 0. The lowest BCUT2D eigenvalue weighted by atomic mass is 10.2. The van der Waals surface area contributed by atoms with Crippen molar-refractivity contribution >= 4 is 23.4 Å². The molecule has 0 N–H and O–H groups in total. The van der Waals surface area contributed by atoms with E-state index in [2.05, 4.69) is 9.73 Å². The number of fused-ring (bicyclic) bond motifs is 1. The Labute approximate surface area is 110 Å². The molecule has 0 aliphatic carbocycles. The average Bonchev–Trinajstić information content (AvgIpc) is 2.37. The number of rotatable bonds is 2. The highest BCUT2D eigenvalue weighted by atomic mass is 19.3. The summed E-state index contributed by atoms with van der Waals surface area (Å²) in [5, 5.41) is 0. The van der Waals surface area contributed by atoms with Crippen molar-refractivity contribution in [2.45, 2.75) is 6.11 Å². The molecule has 2 rings (SSSR count). The first kappa shape index (κ1) is 13.6. The molecule has 1 aromatic rings. The molecule has 0 unspecified atom stereocenters. The number of halogens is 3. The number of hydrogen-bond donors (Lipinski definition) is 0. The molecule has 1 aromatic carbocycles. The number of carbonyl (C=O) groups is 1. The van der Waals surface area contributed by atoms with Crippen LogP contribution in [-0.2, 0) is 9.59 Å². The molecule has 0 saturated carbocycles. The molecule has 0 bridgehead atoms. The summed E-state index contributed by atoms with van der Waals surface area (Å²) in [6.07, 6.45) is 1.97. The number of benzene rings is 1. The van der Waals surface area contributed by atoms with E-state index in [0.717, 1.165) is 12.1 Å². The standard InChI is InChI=1S/C12H5F3N2O3/c1-2-3-17-9-5-8(16-6-18)7(13)4-10(9)20-12(14,15)11(17)19/h1,4-5H,3H2. The number of carbonyl (C=O) groups excluding carboxylic acids is 2. The van der Waals surface area contributed by atoms with Crippen LogP contribution in [0.2, 0.25) is 0 Å². The fourth-order valence-electron chi connectivity index (χ4n) is 1.66. The van der Waals surface area contributed by atoms with Gasteiger partial charge in [-0.25, -0.2) is 9.18 Å². The van der Waals surface area contributed by atoms with Crippen LogP contribution in [-0.4, -0.2) is 24.6 Å². The number of amides is 1. The van der Waals surface area contributed by atoms with Gasteiger partial charge in [0.05, 0.1) is 12.2 Å². The predicted molar refractivity (Wildman–Crippen MR) is 60.9 cm³/mol. The topological polar surface area (TPSA) is 59.0 Å². The Morgan fingerprint density at radius 1 is 1.45 bits per heavy atom. The number of aliphatic imine (C=N–C) groups is 1. The lowest BCUT2D eigenvalue weighted by Gasteiger charge is -2.32. The zero-order chi connectivity index (χ0) is 14.9. The smallest absolute Gasteiger partial charge is 0.423 e. The molecule has 102 valence electrons. The number of ether oxygens (including phenoxy) is 1. The quantitative estimate of drug-likeness (QED) is 0.471.